The third kappa shape index (κ3) is 1.82. The second-order valence-electron chi connectivity index (χ2n) is 4.86. The predicted molar refractivity (Wildman–Crippen MR) is 65.8 cm³/mol. The predicted octanol–water partition coefficient (Wildman–Crippen LogP) is 3.01. The maximum absolute atomic E-state index is 5.46. The normalized spacial score (nSPS) is 25.9. The molecule has 2 nitrogen and oxygen atoms in total. The highest BCUT2D eigenvalue weighted by atomic mass is 16.5. The zero-order valence-electron chi connectivity index (χ0n) is 9.61. The Morgan fingerprint density at radius 3 is 2.75 bits per heavy atom. The summed E-state index contributed by atoms with van der Waals surface area (Å²) in [5.41, 5.74) is 2.88. The van der Waals surface area contributed by atoms with Crippen LogP contribution in [0.3, 0.4) is 0 Å². The standard InChI is InChI=1S/C14H19NO/c1-2-4-14-13(3-1)12(5-8-15-14)11-6-9-16-10-7-11/h1-4,11-12,15H,5-10H2/t12-/m0/s1. The van der Waals surface area contributed by atoms with Gasteiger partial charge in [0.15, 0.2) is 0 Å². The number of hydrogen-bond acceptors (Lipinski definition) is 2. The van der Waals surface area contributed by atoms with Crippen LogP contribution in [0.5, 0.6) is 0 Å². The molecule has 16 heavy (non-hydrogen) atoms. The molecule has 2 heteroatoms. The minimum atomic E-state index is 0.751. The molecular weight excluding hydrogens is 198 g/mol. The molecule has 3 rings (SSSR count). The average Bonchev–Trinajstić information content (AvgIpc) is 2.39. The molecule has 86 valence electrons. The summed E-state index contributed by atoms with van der Waals surface area (Å²) in [6.07, 6.45) is 3.75. The van der Waals surface area contributed by atoms with Gasteiger partial charge in [0.1, 0.15) is 0 Å². The average molecular weight is 217 g/mol. The van der Waals surface area contributed by atoms with Crippen molar-refractivity contribution in [1.29, 1.82) is 0 Å². The quantitative estimate of drug-likeness (QED) is 0.780. The highest BCUT2D eigenvalue weighted by molar-refractivity contribution is 5.54. The zero-order chi connectivity index (χ0) is 10.8. The first-order valence-electron chi connectivity index (χ1n) is 6.36. The van der Waals surface area contributed by atoms with Crippen molar-refractivity contribution in [2.45, 2.75) is 25.2 Å². The minimum absolute atomic E-state index is 0.751. The van der Waals surface area contributed by atoms with Gasteiger partial charge >= 0.3 is 0 Å². The van der Waals surface area contributed by atoms with Crippen LogP contribution in [0, 0.1) is 5.92 Å². The second kappa shape index (κ2) is 4.46. The zero-order valence-corrected chi connectivity index (χ0v) is 9.61. The Balaban J connectivity index is 1.86. The molecule has 0 amide bonds. The monoisotopic (exact) mass is 217 g/mol. The maximum Gasteiger partial charge on any atom is 0.0468 e. The van der Waals surface area contributed by atoms with Crippen LogP contribution >= 0.6 is 0 Å². The maximum atomic E-state index is 5.46. The molecule has 0 spiro atoms. The lowest BCUT2D eigenvalue weighted by atomic mass is 9.77. The van der Waals surface area contributed by atoms with Crippen molar-refractivity contribution in [3.63, 3.8) is 0 Å². The fourth-order valence-corrected chi connectivity index (χ4v) is 3.11. The van der Waals surface area contributed by atoms with Crippen molar-refractivity contribution in [1.82, 2.24) is 0 Å². The smallest absolute Gasteiger partial charge is 0.0468 e. The summed E-state index contributed by atoms with van der Waals surface area (Å²) in [7, 11) is 0. The van der Waals surface area contributed by atoms with Crippen LogP contribution in [0.1, 0.15) is 30.7 Å². The van der Waals surface area contributed by atoms with E-state index in [2.05, 4.69) is 29.6 Å². The van der Waals surface area contributed by atoms with Gasteiger partial charge in [-0.15, -0.1) is 0 Å². The van der Waals surface area contributed by atoms with Crippen molar-refractivity contribution in [3.05, 3.63) is 29.8 Å². The molecule has 0 radical (unpaired) electrons. The Morgan fingerprint density at radius 1 is 1.06 bits per heavy atom. The van der Waals surface area contributed by atoms with Crippen molar-refractivity contribution < 1.29 is 4.74 Å². The van der Waals surface area contributed by atoms with Crippen LogP contribution < -0.4 is 5.32 Å². The van der Waals surface area contributed by atoms with Crippen molar-refractivity contribution in [2.75, 3.05) is 25.1 Å². The fourth-order valence-electron chi connectivity index (χ4n) is 3.11. The molecule has 1 aromatic carbocycles. The summed E-state index contributed by atoms with van der Waals surface area (Å²) in [5, 5.41) is 3.50. The van der Waals surface area contributed by atoms with Gasteiger partial charge in [-0.05, 0) is 42.7 Å². The van der Waals surface area contributed by atoms with E-state index in [0.29, 0.717) is 0 Å². The first kappa shape index (κ1) is 10.2. The number of ether oxygens (including phenoxy) is 1. The van der Waals surface area contributed by atoms with Crippen molar-refractivity contribution in [2.24, 2.45) is 5.92 Å². The van der Waals surface area contributed by atoms with Gasteiger partial charge in [0.2, 0.25) is 0 Å². The van der Waals surface area contributed by atoms with E-state index < -0.39 is 0 Å². The Labute approximate surface area is 97.0 Å². The SMILES string of the molecule is c1ccc2c(c1)NCC[C@H]2C1CCOCC1. The number of anilines is 1. The first-order valence-corrected chi connectivity index (χ1v) is 6.36. The van der Waals surface area contributed by atoms with E-state index in [1.807, 2.05) is 0 Å². The van der Waals surface area contributed by atoms with Gasteiger partial charge in [-0.25, -0.2) is 0 Å². The molecule has 0 aromatic heterocycles. The summed E-state index contributed by atoms with van der Waals surface area (Å²) < 4.78 is 5.46. The largest absolute Gasteiger partial charge is 0.385 e. The molecule has 1 aromatic rings. The molecule has 0 bridgehead atoms. The van der Waals surface area contributed by atoms with Gasteiger partial charge in [-0.2, -0.15) is 0 Å². The van der Waals surface area contributed by atoms with Gasteiger partial charge in [-0.1, -0.05) is 18.2 Å². The highest BCUT2D eigenvalue weighted by Crippen LogP contribution is 2.40. The molecule has 0 aliphatic carbocycles. The lowest BCUT2D eigenvalue weighted by Gasteiger charge is -2.35. The topological polar surface area (TPSA) is 21.3 Å². The fraction of sp³-hybridized carbons (Fsp3) is 0.571. The first-order chi connectivity index (χ1) is 7.95. The Kier molecular flexibility index (Phi) is 2.83. The Bertz CT molecular complexity index is 358. The molecule has 1 atom stereocenters. The molecule has 2 heterocycles. The lowest BCUT2D eigenvalue weighted by molar-refractivity contribution is 0.0568. The summed E-state index contributed by atoms with van der Waals surface area (Å²) in [4.78, 5) is 0. The summed E-state index contributed by atoms with van der Waals surface area (Å²) in [6, 6.07) is 8.79. The number of benzene rings is 1. The van der Waals surface area contributed by atoms with E-state index in [1.54, 1.807) is 0 Å². The highest BCUT2D eigenvalue weighted by Gasteiger charge is 2.28. The molecule has 2 aliphatic heterocycles. The molecule has 0 saturated carbocycles. The van der Waals surface area contributed by atoms with Crippen LogP contribution in [0.2, 0.25) is 0 Å². The molecule has 2 aliphatic rings. The van der Waals surface area contributed by atoms with Gasteiger partial charge in [0.05, 0.1) is 0 Å². The number of fused-ring (bicyclic) bond motifs is 1. The molecular formula is C14H19NO. The van der Waals surface area contributed by atoms with E-state index in [4.69, 9.17) is 4.74 Å². The third-order valence-electron chi connectivity index (χ3n) is 3.97. The summed E-state index contributed by atoms with van der Waals surface area (Å²) in [5.74, 6) is 1.58. The molecule has 1 fully saturated rings. The van der Waals surface area contributed by atoms with Crippen LogP contribution in [-0.4, -0.2) is 19.8 Å². The third-order valence-corrected chi connectivity index (χ3v) is 3.97. The van der Waals surface area contributed by atoms with E-state index >= 15 is 0 Å². The molecule has 0 unspecified atom stereocenters. The number of hydrogen-bond donors (Lipinski definition) is 1. The van der Waals surface area contributed by atoms with E-state index in [1.165, 1.54) is 30.5 Å². The van der Waals surface area contributed by atoms with Gasteiger partial charge in [-0.3, -0.25) is 0 Å². The van der Waals surface area contributed by atoms with Crippen molar-refractivity contribution in [3.8, 4) is 0 Å². The summed E-state index contributed by atoms with van der Waals surface area (Å²) in [6.45, 7) is 3.03. The van der Waals surface area contributed by atoms with Gasteiger partial charge < -0.3 is 10.1 Å². The number of nitrogens with one attached hydrogen (secondary N) is 1. The molecule has 1 N–H and O–H groups in total. The minimum Gasteiger partial charge on any atom is -0.385 e. The number of para-hydroxylation sites is 1. The van der Waals surface area contributed by atoms with E-state index in [-0.39, 0.29) is 0 Å². The van der Waals surface area contributed by atoms with Crippen LogP contribution in [-0.2, 0) is 4.74 Å². The second-order valence-corrected chi connectivity index (χ2v) is 4.86. The van der Waals surface area contributed by atoms with Crippen molar-refractivity contribution >= 4 is 5.69 Å². The van der Waals surface area contributed by atoms with Crippen LogP contribution in [0.25, 0.3) is 0 Å². The number of rotatable bonds is 1. The Hall–Kier alpha value is -1.02. The van der Waals surface area contributed by atoms with E-state index in [9.17, 15) is 0 Å². The van der Waals surface area contributed by atoms with Gasteiger partial charge in [0.25, 0.3) is 0 Å². The Morgan fingerprint density at radius 2 is 1.88 bits per heavy atom. The van der Waals surface area contributed by atoms with Crippen LogP contribution in [0.4, 0.5) is 5.69 Å². The van der Waals surface area contributed by atoms with Crippen LogP contribution in [0.15, 0.2) is 24.3 Å². The summed E-state index contributed by atoms with van der Waals surface area (Å²) >= 11 is 0. The van der Waals surface area contributed by atoms with Gasteiger partial charge in [0, 0.05) is 25.4 Å². The molecule has 1 saturated heterocycles. The lowest BCUT2D eigenvalue weighted by Crippen LogP contribution is -2.27. The van der Waals surface area contributed by atoms with E-state index in [0.717, 1.165) is 31.6 Å².